The highest BCUT2D eigenvalue weighted by Gasteiger charge is 2.57. The summed E-state index contributed by atoms with van der Waals surface area (Å²) in [6.45, 7) is 0.775. The first kappa shape index (κ1) is 15.4. The maximum Gasteiger partial charge on any atom is 0.410 e. The number of hydrogen-bond donors (Lipinski definition) is 1. The number of rotatable bonds is 3. The predicted molar refractivity (Wildman–Crippen MR) is 94.8 cm³/mol. The van der Waals surface area contributed by atoms with Crippen molar-refractivity contribution >= 4 is 12.1 Å². The highest BCUT2D eigenvalue weighted by Crippen LogP contribution is 2.47. The van der Waals surface area contributed by atoms with Gasteiger partial charge in [0, 0.05) is 18.5 Å². The number of hydrogen-bond acceptors (Lipinski definition) is 3. The number of carbonyl (C=O) groups is 2. The molecule has 6 rings (SSSR count). The van der Waals surface area contributed by atoms with Crippen molar-refractivity contribution in [3.05, 3.63) is 59.7 Å². The zero-order valence-electron chi connectivity index (χ0n) is 14.2. The van der Waals surface area contributed by atoms with Crippen molar-refractivity contribution in [2.45, 2.75) is 18.4 Å². The van der Waals surface area contributed by atoms with Gasteiger partial charge >= 0.3 is 12.1 Å². The number of aliphatic carboxylic acids is 1. The summed E-state index contributed by atoms with van der Waals surface area (Å²) in [5.74, 6) is -1.12. The van der Waals surface area contributed by atoms with Gasteiger partial charge in [0.25, 0.3) is 0 Å². The Morgan fingerprint density at radius 2 is 1.65 bits per heavy atom. The molecule has 132 valence electrons. The van der Waals surface area contributed by atoms with Gasteiger partial charge in [0.2, 0.25) is 0 Å². The van der Waals surface area contributed by atoms with Crippen LogP contribution in [0.1, 0.15) is 23.5 Å². The summed E-state index contributed by atoms with van der Waals surface area (Å²) in [6.07, 6.45) is 0.393. The van der Waals surface area contributed by atoms with Crippen molar-refractivity contribution < 1.29 is 19.4 Å². The van der Waals surface area contributed by atoms with Gasteiger partial charge in [-0.25, -0.2) is 4.79 Å². The lowest BCUT2D eigenvalue weighted by Gasteiger charge is -2.32. The van der Waals surface area contributed by atoms with Crippen molar-refractivity contribution in [3.63, 3.8) is 0 Å². The molecule has 0 aromatic heterocycles. The second-order valence-corrected chi connectivity index (χ2v) is 7.38. The third-order valence-corrected chi connectivity index (χ3v) is 6.15. The summed E-state index contributed by atoms with van der Waals surface area (Å²) in [7, 11) is 0. The molecule has 2 aromatic rings. The van der Waals surface area contributed by atoms with Crippen LogP contribution in [0.25, 0.3) is 11.1 Å². The van der Waals surface area contributed by atoms with Crippen LogP contribution in [0, 0.1) is 11.8 Å². The molecule has 4 aliphatic rings. The first-order valence-corrected chi connectivity index (χ1v) is 8.99. The standard InChI is InChI=1S/C21H19NO4/c23-20(24)19-12-9-18(19)22(10-12)21(25)26-11-17-15-7-3-1-5-13(15)14-6-2-4-8-16(14)17/h1-8,12,17-19H,9-11H2,(H,23,24)/t12-,18-,19+/m0/s1. The molecule has 26 heavy (non-hydrogen) atoms. The van der Waals surface area contributed by atoms with E-state index in [0.29, 0.717) is 6.54 Å². The van der Waals surface area contributed by atoms with Crippen molar-refractivity contribution in [2.24, 2.45) is 11.8 Å². The maximum atomic E-state index is 12.5. The molecular weight excluding hydrogens is 330 g/mol. The number of nitrogens with zero attached hydrogens (tertiary/aromatic N) is 1. The summed E-state index contributed by atoms with van der Waals surface area (Å²) in [6, 6.07) is 16.2. The molecule has 1 saturated carbocycles. The van der Waals surface area contributed by atoms with E-state index in [1.54, 1.807) is 4.90 Å². The highest BCUT2D eigenvalue weighted by molar-refractivity contribution is 5.80. The molecule has 2 saturated heterocycles. The molecule has 2 aliphatic heterocycles. The average molecular weight is 349 g/mol. The fraction of sp³-hybridized carbons (Fsp3) is 0.333. The molecule has 3 fully saturated rings. The quantitative estimate of drug-likeness (QED) is 0.923. The van der Waals surface area contributed by atoms with E-state index in [1.807, 2.05) is 24.3 Å². The largest absolute Gasteiger partial charge is 0.481 e. The van der Waals surface area contributed by atoms with E-state index in [2.05, 4.69) is 24.3 Å². The summed E-state index contributed by atoms with van der Waals surface area (Å²) in [5.41, 5.74) is 4.74. The second-order valence-electron chi connectivity index (χ2n) is 7.38. The van der Waals surface area contributed by atoms with Crippen LogP contribution in [-0.2, 0) is 9.53 Å². The molecule has 0 spiro atoms. The smallest absolute Gasteiger partial charge is 0.410 e. The van der Waals surface area contributed by atoms with Crippen LogP contribution in [0.5, 0.6) is 0 Å². The molecule has 1 N–H and O–H groups in total. The van der Waals surface area contributed by atoms with Gasteiger partial charge in [-0.2, -0.15) is 0 Å². The van der Waals surface area contributed by atoms with Gasteiger partial charge in [0.15, 0.2) is 0 Å². The lowest BCUT2D eigenvalue weighted by Crippen LogP contribution is -2.45. The Morgan fingerprint density at radius 1 is 1.04 bits per heavy atom. The maximum absolute atomic E-state index is 12.5. The first-order valence-electron chi connectivity index (χ1n) is 8.99. The Hall–Kier alpha value is -2.82. The lowest BCUT2D eigenvalue weighted by molar-refractivity contribution is -0.147. The van der Waals surface area contributed by atoms with E-state index in [9.17, 15) is 14.7 Å². The minimum Gasteiger partial charge on any atom is -0.481 e. The Labute approximate surface area is 151 Å². The van der Waals surface area contributed by atoms with Gasteiger partial charge in [-0.15, -0.1) is 0 Å². The predicted octanol–water partition coefficient (Wildman–Crippen LogP) is 3.34. The molecule has 1 amide bonds. The van der Waals surface area contributed by atoms with Crippen LogP contribution in [0.3, 0.4) is 0 Å². The fourth-order valence-electron chi connectivity index (χ4n) is 4.87. The first-order chi connectivity index (χ1) is 12.6. The van der Waals surface area contributed by atoms with Gasteiger partial charge in [-0.1, -0.05) is 48.5 Å². The van der Waals surface area contributed by atoms with Gasteiger partial charge in [0.1, 0.15) is 6.61 Å². The summed E-state index contributed by atoms with van der Waals surface area (Å²) >= 11 is 0. The number of carbonyl (C=O) groups excluding carboxylic acids is 1. The lowest BCUT2D eigenvalue weighted by atomic mass is 9.74. The zero-order valence-corrected chi connectivity index (χ0v) is 14.2. The van der Waals surface area contributed by atoms with Crippen LogP contribution < -0.4 is 0 Å². The van der Waals surface area contributed by atoms with E-state index in [4.69, 9.17) is 4.74 Å². The third-order valence-electron chi connectivity index (χ3n) is 6.15. The van der Waals surface area contributed by atoms with E-state index >= 15 is 0 Å². The molecule has 2 heterocycles. The molecule has 3 atom stereocenters. The number of carboxylic acids is 1. The van der Waals surface area contributed by atoms with E-state index in [-0.39, 0.29) is 30.6 Å². The normalized spacial score (nSPS) is 25.4. The van der Waals surface area contributed by atoms with Gasteiger partial charge in [-0.05, 0) is 34.6 Å². The second kappa shape index (κ2) is 5.59. The van der Waals surface area contributed by atoms with Crippen molar-refractivity contribution in [1.29, 1.82) is 0 Å². The number of benzene rings is 2. The fourth-order valence-corrected chi connectivity index (χ4v) is 4.87. The molecule has 0 unspecified atom stereocenters. The Balaban J connectivity index is 1.33. The summed E-state index contributed by atoms with van der Waals surface area (Å²) in [4.78, 5) is 25.4. The molecule has 5 nitrogen and oxygen atoms in total. The van der Waals surface area contributed by atoms with Crippen molar-refractivity contribution in [1.82, 2.24) is 4.90 Å². The molecule has 5 heteroatoms. The van der Waals surface area contributed by atoms with Crippen molar-refractivity contribution in [2.75, 3.05) is 13.2 Å². The Morgan fingerprint density at radius 3 is 2.23 bits per heavy atom. The minimum absolute atomic E-state index is 0.0271. The van der Waals surface area contributed by atoms with E-state index < -0.39 is 11.9 Å². The average Bonchev–Trinajstić information content (AvgIpc) is 3.30. The van der Waals surface area contributed by atoms with E-state index in [0.717, 1.165) is 6.42 Å². The molecular formula is C21H19NO4. The van der Waals surface area contributed by atoms with Crippen LogP contribution in [-0.4, -0.2) is 41.3 Å². The topological polar surface area (TPSA) is 66.8 Å². The van der Waals surface area contributed by atoms with E-state index in [1.165, 1.54) is 22.3 Å². The van der Waals surface area contributed by atoms with Gasteiger partial charge in [0.05, 0.1) is 5.92 Å². The third kappa shape index (κ3) is 2.09. The highest BCUT2D eigenvalue weighted by atomic mass is 16.6. The Kier molecular flexibility index (Phi) is 3.32. The Bertz CT molecular complexity index is 863. The van der Waals surface area contributed by atoms with Gasteiger partial charge in [-0.3, -0.25) is 4.79 Å². The number of carboxylic acid groups (broad SMARTS) is 1. The van der Waals surface area contributed by atoms with Crippen LogP contribution in [0.4, 0.5) is 4.79 Å². The number of amides is 1. The monoisotopic (exact) mass is 349 g/mol. The van der Waals surface area contributed by atoms with Crippen LogP contribution in [0.2, 0.25) is 0 Å². The molecule has 2 aliphatic carbocycles. The number of fused-ring (bicyclic) bond motifs is 4. The SMILES string of the molecule is O=C(O)[C@@H]1[C@H]2C[C@@H]1N(C(=O)OCC1c3ccccc3-c3ccccc31)C2. The van der Waals surface area contributed by atoms with Crippen LogP contribution >= 0.6 is 0 Å². The minimum atomic E-state index is -0.805. The molecule has 2 aromatic carbocycles. The molecule has 0 radical (unpaired) electrons. The zero-order chi connectivity index (χ0) is 17.8. The van der Waals surface area contributed by atoms with Gasteiger partial charge < -0.3 is 14.7 Å². The summed E-state index contributed by atoms with van der Waals surface area (Å²) in [5, 5.41) is 9.26. The molecule has 2 bridgehead atoms. The summed E-state index contributed by atoms with van der Waals surface area (Å²) < 4.78 is 5.64. The van der Waals surface area contributed by atoms with Crippen molar-refractivity contribution in [3.8, 4) is 11.1 Å². The number of ether oxygens (including phenoxy) is 1. The van der Waals surface area contributed by atoms with Crippen LogP contribution in [0.15, 0.2) is 48.5 Å².